The molecule has 0 aromatic heterocycles. The van der Waals surface area contributed by atoms with Gasteiger partial charge in [-0.25, -0.2) is 8.78 Å². The third-order valence-corrected chi connectivity index (χ3v) is 3.09. The van der Waals surface area contributed by atoms with Crippen molar-refractivity contribution in [3.8, 4) is 0 Å². The molecule has 0 amide bonds. The van der Waals surface area contributed by atoms with Gasteiger partial charge in [-0.2, -0.15) is 0 Å². The lowest BCUT2D eigenvalue weighted by atomic mass is 10.0. The highest BCUT2D eigenvalue weighted by Crippen LogP contribution is 2.11. The van der Waals surface area contributed by atoms with E-state index >= 15 is 0 Å². The van der Waals surface area contributed by atoms with Crippen LogP contribution >= 0.6 is 0 Å². The zero-order valence-electron chi connectivity index (χ0n) is 11.1. The number of hydrogen-bond donors (Lipinski definition) is 0. The maximum Gasteiger partial charge on any atom is 0.137 e. The summed E-state index contributed by atoms with van der Waals surface area (Å²) in [4.78, 5) is 11.8. The van der Waals surface area contributed by atoms with Crippen molar-refractivity contribution < 1.29 is 13.6 Å². The summed E-state index contributed by atoms with van der Waals surface area (Å²) in [5, 5.41) is 0. The van der Waals surface area contributed by atoms with Crippen LogP contribution in [0.5, 0.6) is 0 Å². The van der Waals surface area contributed by atoms with Crippen molar-refractivity contribution in [1.82, 2.24) is 0 Å². The van der Waals surface area contributed by atoms with Gasteiger partial charge in [0.25, 0.3) is 0 Å². The smallest absolute Gasteiger partial charge is 0.137 e. The van der Waals surface area contributed by atoms with Crippen LogP contribution in [0, 0.1) is 11.6 Å². The molecule has 0 aliphatic rings. The van der Waals surface area contributed by atoms with E-state index < -0.39 is 11.6 Å². The Morgan fingerprint density at radius 1 is 0.900 bits per heavy atom. The molecular weight excluding hydrogens is 258 g/mol. The average molecular weight is 274 g/mol. The summed E-state index contributed by atoms with van der Waals surface area (Å²) in [6, 6.07) is 13.1. The van der Waals surface area contributed by atoms with E-state index in [0.29, 0.717) is 12.0 Å². The predicted octanol–water partition coefficient (Wildman–Crippen LogP) is 4.10. The average Bonchev–Trinajstić information content (AvgIpc) is 2.38. The molecule has 0 fully saturated rings. The molecule has 0 atom stereocenters. The quantitative estimate of drug-likeness (QED) is 0.775. The Bertz CT molecular complexity index is 559. The van der Waals surface area contributed by atoms with Gasteiger partial charge in [0.2, 0.25) is 0 Å². The van der Waals surface area contributed by atoms with Crippen molar-refractivity contribution in [2.24, 2.45) is 0 Å². The van der Waals surface area contributed by atoms with Crippen LogP contribution in [-0.4, -0.2) is 5.78 Å². The van der Waals surface area contributed by atoms with E-state index in [9.17, 15) is 13.6 Å². The molecule has 0 heterocycles. The third kappa shape index (κ3) is 4.57. The normalized spacial score (nSPS) is 10.5. The minimum Gasteiger partial charge on any atom is -0.299 e. The van der Waals surface area contributed by atoms with Gasteiger partial charge in [-0.3, -0.25) is 4.79 Å². The molecule has 2 aromatic rings. The van der Waals surface area contributed by atoms with E-state index in [1.165, 1.54) is 17.7 Å². The fraction of sp³-hybridized carbons (Fsp3) is 0.235. The monoisotopic (exact) mass is 274 g/mol. The standard InChI is InChI=1S/C17H16F2O/c18-15-9-14(10-16(19)12-15)11-17(20)8-4-7-13-5-2-1-3-6-13/h1-3,5-6,9-10,12H,4,7-8,11H2. The lowest BCUT2D eigenvalue weighted by Gasteiger charge is -2.03. The molecule has 0 aliphatic heterocycles. The maximum absolute atomic E-state index is 13.0. The molecule has 2 aromatic carbocycles. The molecule has 3 heteroatoms. The number of Topliss-reactive ketones (excluding diaryl/α,β-unsaturated/α-hetero) is 1. The maximum atomic E-state index is 13.0. The van der Waals surface area contributed by atoms with Gasteiger partial charge in [0.15, 0.2) is 0 Å². The molecule has 20 heavy (non-hydrogen) atoms. The zero-order chi connectivity index (χ0) is 14.4. The highest BCUT2D eigenvalue weighted by atomic mass is 19.1. The summed E-state index contributed by atoms with van der Waals surface area (Å²) >= 11 is 0. The molecule has 0 spiro atoms. The molecule has 0 bridgehead atoms. The van der Waals surface area contributed by atoms with E-state index in [-0.39, 0.29) is 12.2 Å². The van der Waals surface area contributed by atoms with Crippen LogP contribution in [0.15, 0.2) is 48.5 Å². The first kappa shape index (κ1) is 14.4. The van der Waals surface area contributed by atoms with E-state index in [1.54, 1.807) is 0 Å². The Morgan fingerprint density at radius 3 is 2.20 bits per heavy atom. The molecule has 1 nitrogen and oxygen atoms in total. The van der Waals surface area contributed by atoms with Crippen LogP contribution in [0.2, 0.25) is 0 Å². The summed E-state index contributed by atoms with van der Waals surface area (Å²) in [6.07, 6.45) is 2.10. The predicted molar refractivity (Wildman–Crippen MR) is 74.4 cm³/mol. The number of hydrogen-bond acceptors (Lipinski definition) is 1. The van der Waals surface area contributed by atoms with Crippen LogP contribution in [0.1, 0.15) is 24.0 Å². The molecule has 0 saturated heterocycles. The highest BCUT2D eigenvalue weighted by Gasteiger charge is 2.07. The Kier molecular flexibility index (Phi) is 4.99. The molecule has 0 saturated carbocycles. The fourth-order valence-corrected chi connectivity index (χ4v) is 2.16. The van der Waals surface area contributed by atoms with Gasteiger partial charge < -0.3 is 0 Å². The number of carbonyl (C=O) groups is 1. The Morgan fingerprint density at radius 2 is 1.55 bits per heavy atom. The molecule has 0 aliphatic carbocycles. The van der Waals surface area contributed by atoms with E-state index in [0.717, 1.165) is 18.9 Å². The minimum absolute atomic E-state index is 0.00549. The zero-order valence-corrected chi connectivity index (χ0v) is 11.1. The van der Waals surface area contributed by atoms with Crippen molar-refractivity contribution in [2.45, 2.75) is 25.7 Å². The lowest BCUT2D eigenvalue weighted by Crippen LogP contribution is -2.04. The second-order valence-corrected chi connectivity index (χ2v) is 4.83. The SMILES string of the molecule is O=C(CCCc1ccccc1)Cc1cc(F)cc(F)c1. The van der Waals surface area contributed by atoms with Gasteiger partial charge in [-0.1, -0.05) is 30.3 Å². The lowest BCUT2D eigenvalue weighted by molar-refractivity contribution is -0.118. The molecular formula is C17H16F2O. The first-order valence-electron chi connectivity index (χ1n) is 6.64. The molecule has 0 unspecified atom stereocenters. The van der Waals surface area contributed by atoms with Crippen LogP contribution in [0.25, 0.3) is 0 Å². The van der Waals surface area contributed by atoms with E-state index in [2.05, 4.69) is 0 Å². The van der Waals surface area contributed by atoms with Crippen molar-refractivity contribution >= 4 is 5.78 Å². The van der Waals surface area contributed by atoms with Gasteiger partial charge in [0.05, 0.1) is 0 Å². The summed E-state index contributed by atoms with van der Waals surface area (Å²) in [5.41, 5.74) is 1.59. The molecule has 0 N–H and O–H groups in total. The number of ketones is 1. The number of rotatable bonds is 6. The van der Waals surface area contributed by atoms with Crippen LogP contribution < -0.4 is 0 Å². The third-order valence-electron chi connectivity index (χ3n) is 3.09. The van der Waals surface area contributed by atoms with Crippen LogP contribution in [-0.2, 0) is 17.6 Å². The summed E-state index contributed by atoms with van der Waals surface area (Å²) < 4.78 is 26.0. The minimum atomic E-state index is -0.642. The Hall–Kier alpha value is -2.03. The topological polar surface area (TPSA) is 17.1 Å². The largest absolute Gasteiger partial charge is 0.299 e. The highest BCUT2D eigenvalue weighted by molar-refractivity contribution is 5.80. The second kappa shape index (κ2) is 6.94. The van der Waals surface area contributed by atoms with Crippen molar-refractivity contribution in [3.05, 3.63) is 71.3 Å². The van der Waals surface area contributed by atoms with E-state index in [4.69, 9.17) is 0 Å². The molecule has 0 radical (unpaired) electrons. The van der Waals surface area contributed by atoms with Crippen LogP contribution in [0.3, 0.4) is 0 Å². The van der Waals surface area contributed by atoms with Gasteiger partial charge in [-0.05, 0) is 36.1 Å². The first-order chi connectivity index (χ1) is 9.63. The molecule has 104 valence electrons. The van der Waals surface area contributed by atoms with Crippen molar-refractivity contribution in [3.63, 3.8) is 0 Å². The van der Waals surface area contributed by atoms with Gasteiger partial charge in [-0.15, -0.1) is 0 Å². The van der Waals surface area contributed by atoms with Crippen molar-refractivity contribution in [2.75, 3.05) is 0 Å². The fourth-order valence-electron chi connectivity index (χ4n) is 2.16. The second-order valence-electron chi connectivity index (χ2n) is 4.83. The number of benzene rings is 2. The van der Waals surface area contributed by atoms with Gasteiger partial charge in [0.1, 0.15) is 17.4 Å². The Balaban J connectivity index is 1.81. The van der Waals surface area contributed by atoms with Crippen molar-refractivity contribution in [1.29, 1.82) is 0 Å². The number of aryl methyl sites for hydroxylation is 1. The number of halogens is 2. The number of carbonyl (C=O) groups excluding carboxylic acids is 1. The summed E-state index contributed by atoms with van der Waals surface area (Å²) in [6.45, 7) is 0. The van der Waals surface area contributed by atoms with Gasteiger partial charge >= 0.3 is 0 Å². The summed E-state index contributed by atoms with van der Waals surface area (Å²) in [5.74, 6) is -1.28. The van der Waals surface area contributed by atoms with E-state index in [1.807, 2.05) is 30.3 Å². The molecule has 2 rings (SSSR count). The Labute approximate surface area is 117 Å². The first-order valence-corrected chi connectivity index (χ1v) is 6.64. The van der Waals surface area contributed by atoms with Gasteiger partial charge in [0, 0.05) is 18.9 Å². The summed E-state index contributed by atoms with van der Waals surface area (Å²) in [7, 11) is 0. The van der Waals surface area contributed by atoms with Crippen LogP contribution in [0.4, 0.5) is 8.78 Å².